The number of nitrogens with one attached hydrogen (secondary N) is 1. The molecule has 0 aromatic heterocycles. The number of carbonyl (C=O) groups excluding carboxylic acids is 2. The average Bonchev–Trinajstić information content (AvgIpc) is 3.12. The Hall–Kier alpha value is -2.67. The molecule has 0 unspecified atom stereocenters. The summed E-state index contributed by atoms with van der Waals surface area (Å²) in [5, 5.41) is 2.71. The molecule has 1 N–H and O–H groups in total. The molecule has 0 fully saturated rings. The molecule has 2 aromatic rings. The van der Waals surface area contributed by atoms with Gasteiger partial charge in [0.2, 0.25) is 6.79 Å². The van der Waals surface area contributed by atoms with Crippen molar-refractivity contribution in [3.63, 3.8) is 0 Å². The Morgan fingerprint density at radius 1 is 1.15 bits per heavy atom. The van der Waals surface area contributed by atoms with Gasteiger partial charge in [0, 0.05) is 17.0 Å². The van der Waals surface area contributed by atoms with E-state index >= 15 is 0 Å². The highest BCUT2D eigenvalue weighted by molar-refractivity contribution is 7.98. The number of ether oxygens (including phenoxy) is 3. The lowest BCUT2D eigenvalue weighted by atomic mass is 10.1. The average molecular weight is 373 g/mol. The van der Waals surface area contributed by atoms with E-state index in [0.29, 0.717) is 23.6 Å². The van der Waals surface area contributed by atoms with Gasteiger partial charge in [-0.2, -0.15) is 0 Å². The molecule has 0 saturated heterocycles. The van der Waals surface area contributed by atoms with E-state index in [1.165, 1.54) is 0 Å². The van der Waals surface area contributed by atoms with Gasteiger partial charge in [-0.25, -0.2) is 0 Å². The number of anilines is 1. The van der Waals surface area contributed by atoms with E-state index < -0.39 is 5.97 Å². The minimum absolute atomic E-state index is 0.189. The molecular formula is C19H19NO5S. The van der Waals surface area contributed by atoms with E-state index in [0.717, 1.165) is 10.5 Å². The maximum absolute atomic E-state index is 11.9. The highest BCUT2D eigenvalue weighted by atomic mass is 32.2. The molecular weight excluding hydrogens is 354 g/mol. The Morgan fingerprint density at radius 2 is 2.00 bits per heavy atom. The minimum atomic E-state index is -0.421. The molecule has 2 aromatic carbocycles. The smallest absolute Gasteiger partial charge is 0.306 e. The summed E-state index contributed by atoms with van der Waals surface area (Å²) in [5.41, 5.74) is 1.63. The molecule has 26 heavy (non-hydrogen) atoms. The standard InChI is InChI=1S/C19H19NO5S/c1-26-15-4-2-3-14(10-15)20-18(21)11-23-19(22)8-6-13-5-7-16-17(9-13)25-12-24-16/h2-5,7,9-10H,6,8,11-12H2,1H3,(H,20,21). The first-order valence-corrected chi connectivity index (χ1v) is 9.34. The summed E-state index contributed by atoms with van der Waals surface area (Å²) in [4.78, 5) is 24.8. The lowest BCUT2D eigenvalue weighted by molar-refractivity contribution is -0.147. The molecule has 0 spiro atoms. The van der Waals surface area contributed by atoms with Gasteiger partial charge < -0.3 is 19.5 Å². The van der Waals surface area contributed by atoms with Crippen molar-refractivity contribution in [1.82, 2.24) is 0 Å². The van der Waals surface area contributed by atoms with E-state index in [4.69, 9.17) is 14.2 Å². The highest BCUT2D eigenvalue weighted by Gasteiger charge is 2.14. The van der Waals surface area contributed by atoms with Gasteiger partial charge in [0.05, 0.1) is 0 Å². The minimum Gasteiger partial charge on any atom is -0.456 e. The van der Waals surface area contributed by atoms with Gasteiger partial charge in [-0.05, 0) is 48.6 Å². The molecule has 1 aliphatic rings. The number of esters is 1. The largest absolute Gasteiger partial charge is 0.456 e. The molecule has 1 aliphatic heterocycles. The lowest BCUT2D eigenvalue weighted by Crippen LogP contribution is -2.21. The van der Waals surface area contributed by atoms with Gasteiger partial charge in [-0.3, -0.25) is 9.59 Å². The van der Waals surface area contributed by atoms with Gasteiger partial charge >= 0.3 is 5.97 Å². The monoisotopic (exact) mass is 373 g/mol. The van der Waals surface area contributed by atoms with Gasteiger partial charge in [0.15, 0.2) is 18.1 Å². The van der Waals surface area contributed by atoms with Crippen LogP contribution in [0.2, 0.25) is 0 Å². The second-order valence-electron chi connectivity index (χ2n) is 5.63. The zero-order chi connectivity index (χ0) is 18.4. The quantitative estimate of drug-likeness (QED) is 0.593. The Morgan fingerprint density at radius 3 is 2.85 bits per heavy atom. The Labute approximate surface area is 155 Å². The first-order valence-electron chi connectivity index (χ1n) is 8.12. The number of hydrogen-bond donors (Lipinski definition) is 1. The molecule has 136 valence electrons. The first kappa shape index (κ1) is 18.1. The lowest BCUT2D eigenvalue weighted by Gasteiger charge is -2.08. The number of amides is 1. The van der Waals surface area contributed by atoms with Crippen molar-refractivity contribution in [1.29, 1.82) is 0 Å². The number of fused-ring (bicyclic) bond motifs is 1. The van der Waals surface area contributed by atoms with Crippen LogP contribution in [0.5, 0.6) is 11.5 Å². The van der Waals surface area contributed by atoms with Crippen LogP contribution in [0.3, 0.4) is 0 Å². The molecule has 0 bridgehead atoms. The summed E-state index contributed by atoms with van der Waals surface area (Å²) < 4.78 is 15.6. The third-order valence-electron chi connectivity index (χ3n) is 3.77. The van der Waals surface area contributed by atoms with E-state index in [1.807, 2.05) is 42.7 Å². The van der Waals surface area contributed by atoms with Crippen molar-refractivity contribution in [3.8, 4) is 11.5 Å². The Balaban J connectivity index is 1.41. The van der Waals surface area contributed by atoms with Gasteiger partial charge in [0.1, 0.15) is 0 Å². The molecule has 0 atom stereocenters. The van der Waals surface area contributed by atoms with Crippen molar-refractivity contribution in [2.45, 2.75) is 17.7 Å². The molecule has 0 aliphatic carbocycles. The van der Waals surface area contributed by atoms with Gasteiger partial charge in [-0.1, -0.05) is 12.1 Å². The summed E-state index contributed by atoms with van der Waals surface area (Å²) >= 11 is 1.59. The number of benzene rings is 2. The van der Waals surface area contributed by atoms with Gasteiger partial charge in [0.25, 0.3) is 5.91 Å². The van der Waals surface area contributed by atoms with Gasteiger partial charge in [-0.15, -0.1) is 11.8 Å². The summed E-state index contributed by atoms with van der Waals surface area (Å²) in [7, 11) is 0. The van der Waals surface area contributed by atoms with Crippen molar-refractivity contribution >= 4 is 29.3 Å². The van der Waals surface area contributed by atoms with Crippen molar-refractivity contribution in [3.05, 3.63) is 48.0 Å². The highest BCUT2D eigenvalue weighted by Crippen LogP contribution is 2.32. The van der Waals surface area contributed by atoms with Crippen LogP contribution in [0.4, 0.5) is 5.69 Å². The predicted molar refractivity (Wildman–Crippen MR) is 98.7 cm³/mol. The van der Waals surface area contributed by atoms with Crippen LogP contribution in [-0.2, 0) is 20.7 Å². The van der Waals surface area contributed by atoms with E-state index in [-0.39, 0.29) is 25.7 Å². The molecule has 3 rings (SSSR count). The van der Waals surface area contributed by atoms with Crippen LogP contribution in [0, 0.1) is 0 Å². The number of rotatable bonds is 7. The summed E-state index contributed by atoms with van der Waals surface area (Å²) in [6.07, 6.45) is 2.66. The second-order valence-corrected chi connectivity index (χ2v) is 6.51. The van der Waals surface area contributed by atoms with E-state index in [2.05, 4.69) is 5.32 Å². The predicted octanol–water partition coefficient (Wildman–Crippen LogP) is 3.25. The maximum atomic E-state index is 11.9. The van der Waals surface area contributed by atoms with Crippen LogP contribution in [0.15, 0.2) is 47.4 Å². The molecule has 6 nitrogen and oxygen atoms in total. The SMILES string of the molecule is CSc1cccc(NC(=O)COC(=O)CCc2ccc3c(c2)OCO3)c1. The molecule has 0 saturated carbocycles. The molecule has 1 amide bonds. The van der Waals surface area contributed by atoms with Crippen LogP contribution in [0.1, 0.15) is 12.0 Å². The second kappa shape index (κ2) is 8.62. The summed E-state index contributed by atoms with van der Waals surface area (Å²) in [6.45, 7) is -0.0841. The topological polar surface area (TPSA) is 73.9 Å². The zero-order valence-corrected chi connectivity index (χ0v) is 15.1. The first-order chi connectivity index (χ1) is 12.6. The Kier molecular flexibility index (Phi) is 6.01. The van der Waals surface area contributed by atoms with Crippen molar-refractivity contribution in [2.24, 2.45) is 0 Å². The third kappa shape index (κ3) is 4.92. The number of thioether (sulfide) groups is 1. The fourth-order valence-corrected chi connectivity index (χ4v) is 2.92. The van der Waals surface area contributed by atoms with Crippen LogP contribution in [-0.4, -0.2) is 31.5 Å². The zero-order valence-electron chi connectivity index (χ0n) is 14.3. The van der Waals surface area contributed by atoms with Crippen LogP contribution >= 0.6 is 11.8 Å². The Bertz CT molecular complexity index is 808. The fraction of sp³-hybridized carbons (Fsp3) is 0.263. The molecule has 1 heterocycles. The molecule has 7 heteroatoms. The van der Waals surface area contributed by atoms with Crippen LogP contribution < -0.4 is 14.8 Å². The van der Waals surface area contributed by atoms with Crippen molar-refractivity contribution < 1.29 is 23.8 Å². The van der Waals surface area contributed by atoms with E-state index in [9.17, 15) is 9.59 Å². The van der Waals surface area contributed by atoms with Crippen LogP contribution in [0.25, 0.3) is 0 Å². The normalized spacial score (nSPS) is 11.9. The number of carbonyl (C=O) groups is 2. The summed E-state index contributed by atoms with van der Waals surface area (Å²) in [6, 6.07) is 13.0. The number of hydrogen-bond acceptors (Lipinski definition) is 6. The maximum Gasteiger partial charge on any atom is 0.306 e. The number of aryl methyl sites for hydroxylation is 1. The van der Waals surface area contributed by atoms with E-state index in [1.54, 1.807) is 17.8 Å². The van der Waals surface area contributed by atoms with Crippen molar-refractivity contribution in [2.75, 3.05) is 25.0 Å². The molecule has 0 radical (unpaired) electrons. The summed E-state index contributed by atoms with van der Waals surface area (Å²) in [5.74, 6) is 0.608. The fourth-order valence-electron chi connectivity index (χ4n) is 2.46. The third-order valence-corrected chi connectivity index (χ3v) is 4.50.